The zero-order valence-electron chi connectivity index (χ0n) is 8.85. The maximum Gasteiger partial charge on any atom is 0.238 e. The molecule has 17 heavy (non-hydrogen) atoms. The van der Waals surface area contributed by atoms with Crippen LogP contribution in [0.3, 0.4) is 0 Å². The summed E-state index contributed by atoms with van der Waals surface area (Å²) < 4.78 is 23.9. The van der Waals surface area contributed by atoms with E-state index in [1.807, 2.05) is 0 Å². The highest BCUT2D eigenvalue weighted by molar-refractivity contribution is 7.92. The maximum absolute atomic E-state index is 11.6. The number of sulfonamides is 1. The van der Waals surface area contributed by atoms with E-state index in [9.17, 15) is 13.2 Å². The second kappa shape index (κ2) is 5.12. The van der Waals surface area contributed by atoms with Gasteiger partial charge in [-0.2, -0.15) is 0 Å². The molecule has 1 aromatic rings. The quantitative estimate of drug-likeness (QED) is 0.908. The highest BCUT2D eigenvalue weighted by Gasteiger charge is 2.24. The number of carbonyl (C=O) groups is 1. The molecule has 94 valence electrons. The first-order chi connectivity index (χ1) is 7.73. The molecule has 2 N–H and O–H groups in total. The third-order valence-electron chi connectivity index (χ3n) is 1.89. The summed E-state index contributed by atoms with van der Waals surface area (Å²) in [4.78, 5) is 10.9. The van der Waals surface area contributed by atoms with Crippen LogP contribution in [-0.2, 0) is 14.8 Å². The molecule has 1 amide bonds. The summed E-state index contributed by atoms with van der Waals surface area (Å²) in [6, 6.07) is 4.52. The minimum absolute atomic E-state index is 0.0529. The van der Waals surface area contributed by atoms with E-state index < -0.39 is 22.5 Å². The Labute approximate surface area is 109 Å². The molecular weight excluding hydrogens is 287 g/mol. The topological polar surface area (TPSA) is 80.5 Å². The molecule has 5 nitrogen and oxygen atoms in total. The van der Waals surface area contributed by atoms with Crippen LogP contribution in [0.1, 0.15) is 0 Å². The Morgan fingerprint density at radius 2 is 1.82 bits per heavy atom. The van der Waals surface area contributed by atoms with Gasteiger partial charge in [-0.25, -0.2) is 8.42 Å². The number of amides is 1. The van der Waals surface area contributed by atoms with Crippen LogP contribution in [0.25, 0.3) is 0 Å². The third-order valence-corrected chi connectivity index (χ3v) is 3.61. The fourth-order valence-corrected chi connectivity index (χ4v) is 2.82. The summed E-state index contributed by atoms with van der Waals surface area (Å²) in [6.45, 7) is -0.512. The van der Waals surface area contributed by atoms with Crippen molar-refractivity contribution in [2.75, 3.05) is 17.1 Å². The lowest BCUT2D eigenvalue weighted by Crippen LogP contribution is -2.38. The van der Waals surface area contributed by atoms with E-state index in [2.05, 4.69) is 0 Å². The summed E-state index contributed by atoms with van der Waals surface area (Å²) >= 11 is 11.7. The van der Waals surface area contributed by atoms with Crippen molar-refractivity contribution in [1.82, 2.24) is 0 Å². The number of benzene rings is 1. The highest BCUT2D eigenvalue weighted by atomic mass is 35.5. The van der Waals surface area contributed by atoms with Gasteiger partial charge in [-0.05, 0) is 12.1 Å². The zero-order chi connectivity index (χ0) is 13.2. The summed E-state index contributed by atoms with van der Waals surface area (Å²) in [7, 11) is -3.69. The van der Waals surface area contributed by atoms with Crippen molar-refractivity contribution < 1.29 is 13.2 Å². The summed E-state index contributed by atoms with van der Waals surface area (Å²) in [5, 5.41) is 0.258. The number of para-hydroxylation sites is 1. The molecule has 0 unspecified atom stereocenters. The number of hydrogen-bond acceptors (Lipinski definition) is 3. The van der Waals surface area contributed by atoms with Crippen molar-refractivity contribution in [2.24, 2.45) is 5.73 Å². The molecule has 0 saturated carbocycles. The van der Waals surface area contributed by atoms with Crippen molar-refractivity contribution in [1.29, 1.82) is 0 Å². The molecule has 0 radical (unpaired) electrons. The molecule has 1 rings (SSSR count). The van der Waals surface area contributed by atoms with E-state index in [0.29, 0.717) is 0 Å². The molecule has 8 heteroatoms. The molecule has 0 fully saturated rings. The summed E-state index contributed by atoms with van der Waals surface area (Å²) in [5.41, 5.74) is 5.05. The molecule has 0 saturated heterocycles. The van der Waals surface area contributed by atoms with Crippen LogP contribution in [0.4, 0.5) is 5.69 Å². The number of nitrogens with two attached hydrogens (primary N) is 1. The predicted molar refractivity (Wildman–Crippen MR) is 67.8 cm³/mol. The van der Waals surface area contributed by atoms with Gasteiger partial charge in [0.25, 0.3) is 0 Å². The first-order valence-corrected chi connectivity index (χ1v) is 7.04. The van der Waals surface area contributed by atoms with Crippen LogP contribution in [-0.4, -0.2) is 27.1 Å². The SMILES string of the molecule is CS(=O)(=O)N(CC(N)=O)c1c(Cl)cccc1Cl. The predicted octanol–water partition coefficient (Wildman–Crippen LogP) is 1.24. The number of carbonyl (C=O) groups excluding carboxylic acids is 1. The maximum atomic E-state index is 11.6. The number of nitrogens with zero attached hydrogens (tertiary/aromatic N) is 1. The normalized spacial score (nSPS) is 11.2. The van der Waals surface area contributed by atoms with Gasteiger partial charge in [0, 0.05) is 0 Å². The molecule has 0 heterocycles. The third kappa shape index (κ3) is 3.49. The minimum atomic E-state index is -3.69. The van der Waals surface area contributed by atoms with Gasteiger partial charge < -0.3 is 5.73 Å². The highest BCUT2D eigenvalue weighted by Crippen LogP contribution is 2.34. The van der Waals surface area contributed by atoms with E-state index in [1.54, 1.807) is 6.07 Å². The van der Waals surface area contributed by atoms with Gasteiger partial charge in [-0.15, -0.1) is 0 Å². The van der Waals surface area contributed by atoms with Gasteiger partial charge >= 0.3 is 0 Å². The standard InChI is InChI=1S/C9H10Cl2N2O3S/c1-17(15,16)13(5-8(12)14)9-6(10)3-2-4-7(9)11/h2-4H,5H2,1H3,(H2,12,14). The second-order valence-electron chi connectivity index (χ2n) is 3.31. The molecule has 0 atom stereocenters. The average Bonchev–Trinajstić information content (AvgIpc) is 2.13. The van der Waals surface area contributed by atoms with Gasteiger partial charge in [0.1, 0.15) is 6.54 Å². The number of halogens is 2. The Morgan fingerprint density at radius 1 is 1.35 bits per heavy atom. The first kappa shape index (κ1) is 14.1. The van der Waals surface area contributed by atoms with Crippen molar-refractivity contribution in [3.05, 3.63) is 28.2 Å². The van der Waals surface area contributed by atoms with Crippen molar-refractivity contribution in [3.8, 4) is 0 Å². The van der Waals surface area contributed by atoms with E-state index in [1.165, 1.54) is 12.1 Å². The van der Waals surface area contributed by atoms with Crippen LogP contribution in [0.2, 0.25) is 10.0 Å². The van der Waals surface area contributed by atoms with Crippen molar-refractivity contribution in [3.63, 3.8) is 0 Å². The van der Waals surface area contributed by atoms with Crippen LogP contribution >= 0.6 is 23.2 Å². The van der Waals surface area contributed by atoms with Crippen LogP contribution in [0, 0.1) is 0 Å². The lowest BCUT2D eigenvalue weighted by atomic mass is 10.3. The smallest absolute Gasteiger partial charge is 0.238 e. The lowest BCUT2D eigenvalue weighted by molar-refractivity contribution is -0.116. The minimum Gasteiger partial charge on any atom is -0.368 e. The average molecular weight is 297 g/mol. The van der Waals surface area contributed by atoms with Crippen molar-refractivity contribution >= 4 is 44.8 Å². The van der Waals surface area contributed by atoms with Gasteiger partial charge in [-0.1, -0.05) is 29.3 Å². The fraction of sp³-hybridized carbons (Fsp3) is 0.222. The molecule has 0 aliphatic rings. The van der Waals surface area contributed by atoms with E-state index in [0.717, 1.165) is 10.6 Å². The van der Waals surface area contributed by atoms with Gasteiger partial charge in [-0.3, -0.25) is 9.10 Å². The fourth-order valence-electron chi connectivity index (χ4n) is 1.23. The largest absolute Gasteiger partial charge is 0.368 e. The molecule has 0 aliphatic heterocycles. The molecule has 1 aromatic carbocycles. The van der Waals surface area contributed by atoms with Crippen LogP contribution in [0.15, 0.2) is 18.2 Å². The summed E-state index contributed by atoms with van der Waals surface area (Å²) in [6.07, 6.45) is 0.940. The zero-order valence-corrected chi connectivity index (χ0v) is 11.2. The van der Waals surface area contributed by atoms with E-state index in [-0.39, 0.29) is 15.7 Å². The van der Waals surface area contributed by atoms with Crippen LogP contribution < -0.4 is 10.0 Å². The second-order valence-corrected chi connectivity index (χ2v) is 6.03. The molecule has 0 aliphatic carbocycles. The van der Waals surface area contributed by atoms with Crippen molar-refractivity contribution in [2.45, 2.75) is 0 Å². The Bertz CT molecular complexity index is 525. The monoisotopic (exact) mass is 296 g/mol. The molecular formula is C9H10Cl2N2O3S. The van der Waals surface area contributed by atoms with Gasteiger partial charge in [0.2, 0.25) is 15.9 Å². The summed E-state index contributed by atoms with van der Waals surface area (Å²) in [5.74, 6) is -0.800. The Balaban J connectivity index is 3.37. The molecule has 0 aromatic heterocycles. The van der Waals surface area contributed by atoms with Gasteiger partial charge in [0.15, 0.2) is 0 Å². The van der Waals surface area contributed by atoms with E-state index >= 15 is 0 Å². The molecule has 0 spiro atoms. The number of anilines is 1. The van der Waals surface area contributed by atoms with E-state index in [4.69, 9.17) is 28.9 Å². The number of hydrogen-bond donors (Lipinski definition) is 1. The Morgan fingerprint density at radius 3 is 2.18 bits per heavy atom. The lowest BCUT2D eigenvalue weighted by Gasteiger charge is -2.22. The van der Waals surface area contributed by atoms with Gasteiger partial charge in [0.05, 0.1) is 22.0 Å². The first-order valence-electron chi connectivity index (χ1n) is 4.43. The Kier molecular flexibility index (Phi) is 4.24. The number of rotatable bonds is 4. The number of primary amides is 1. The van der Waals surface area contributed by atoms with Crippen LogP contribution in [0.5, 0.6) is 0 Å². The molecule has 0 bridgehead atoms. The Hall–Kier alpha value is -0.980.